The molecule has 6 heteroatoms. The maximum atomic E-state index is 11.3. The molecule has 7 heavy (non-hydrogen) atoms. The first-order valence-corrected chi connectivity index (χ1v) is 2.18. The Balaban J connectivity index is 3.54. The Labute approximate surface area is 54.0 Å². The van der Waals surface area contributed by atoms with Crippen molar-refractivity contribution < 1.29 is 8.78 Å². The summed E-state index contributed by atoms with van der Waals surface area (Å²) in [5.41, 5.74) is -3.66. The average molecular weight is 170 g/mol. The van der Waals surface area contributed by atoms with Gasteiger partial charge in [0.1, 0.15) is 0 Å². The topological polar surface area (TPSA) is 3.24 Å². The van der Waals surface area contributed by atoms with Gasteiger partial charge in [-0.2, -0.15) is 8.78 Å². The maximum Gasteiger partial charge on any atom is 0.411 e. The molecule has 0 radical (unpaired) electrons. The summed E-state index contributed by atoms with van der Waals surface area (Å²) in [5.74, 6) is 0. The lowest BCUT2D eigenvalue weighted by Gasteiger charge is -2.07. The molecule has 44 valence electrons. The van der Waals surface area contributed by atoms with Crippen molar-refractivity contribution in [3.05, 3.63) is 0 Å². The SMILES string of the molecule is FC(F)(Cl)N(Cl)Cl. The van der Waals surface area contributed by atoms with Crippen LogP contribution in [0.15, 0.2) is 0 Å². The summed E-state index contributed by atoms with van der Waals surface area (Å²) in [5, 5.41) is 0. The van der Waals surface area contributed by atoms with Crippen LogP contribution in [0.1, 0.15) is 0 Å². The molecular weight excluding hydrogens is 170 g/mol. The molecule has 0 heterocycles. The first kappa shape index (κ1) is 7.69. The van der Waals surface area contributed by atoms with E-state index < -0.39 is 9.44 Å². The van der Waals surface area contributed by atoms with E-state index in [1.165, 1.54) is 0 Å². The van der Waals surface area contributed by atoms with E-state index in [-0.39, 0.29) is 0 Å². The molecular formula is CCl3F2N. The molecule has 0 aliphatic rings. The van der Waals surface area contributed by atoms with Crippen LogP contribution in [-0.2, 0) is 0 Å². The third-order valence-electron chi connectivity index (χ3n) is 0.192. The van der Waals surface area contributed by atoms with E-state index in [1.807, 2.05) is 0 Å². The normalized spacial score (nSPS) is 12.9. The number of rotatable bonds is 1. The van der Waals surface area contributed by atoms with Crippen LogP contribution in [0.3, 0.4) is 0 Å². The second kappa shape index (κ2) is 2.31. The van der Waals surface area contributed by atoms with Gasteiger partial charge in [-0.25, -0.2) is 0 Å². The third kappa shape index (κ3) is 3.29. The van der Waals surface area contributed by atoms with Gasteiger partial charge in [0.2, 0.25) is 0 Å². The van der Waals surface area contributed by atoms with Gasteiger partial charge in [0.15, 0.2) is 0 Å². The van der Waals surface area contributed by atoms with E-state index in [0.29, 0.717) is 0 Å². The molecule has 0 spiro atoms. The lowest BCUT2D eigenvalue weighted by Crippen LogP contribution is -2.18. The zero-order chi connectivity index (χ0) is 6.08. The summed E-state index contributed by atoms with van der Waals surface area (Å²) in [4.78, 5) is 0. The smallest absolute Gasteiger partial charge is 0.169 e. The Hall–Kier alpha value is 0.690. The van der Waals surface area contributed by atoms with Crippen LogP contribution in [0.4, 0.5) is 8.78 Å². The molecule has 0 atom stereocenters. The summed E-state index contributed by atoms with van der Waals surface area (Å²) in [6, 6.07) is 0. The molecule has 0 aromatic carbocycles. The van der Waals surface area contributed by atoms with Crippen molar-refractivity contribution in [2.45, 2.75) is 5.51 Å². The highest BCUT2D eigenvalue weighted by atomic mass is 35.5. The van der Waals surface area contributed by atoms with Crippen molar-refractivity contribution in [1.82, 2.24) is 3.94 Å². The van der Waals surface area contributed by atoms with Crippen LogP contribution >= 0.6 is 35.2 Å². The molecule has 0 N–H and O–H groups in total. The van der Waals surface area contributed by atoms with Crippen LogP contribution in [0, 0.1) is 0 Å². The molecule has 0 saturated heterocycles. The van der Waals surface area contributed by atoms with Gasteiger partial charge in [0, 0.05) is 23.6 Å². The van der Waals surface area contributed by atoms with E-state index in [2.05, 4.69) is 35.2 Å². The zero-order valence-electron chi connectivity index (χ0n) is 2.84. The zero-order valence-corrected chi connectivity index (χ0v) is 5.10. The standard InChI is InChI=1S/CCl3F2N/c2-1(5,6)7(3)4. The van der Waals surface area contributed by atoms with Gasteiger partial charge in [-0.3, -0.25) is 0 Å². The van der Waals surface area contributed by atoms with Crippen LogP contribution in [-0.4, -0.2) is 9.44 Å². The molecule has 0 rings (SSSR count). The van der Waals surface area contributed by atoms with E-state index in [0.717, 1.165) is 0 Å². The van der Waals surface area contributed by atoms with Gasteiger partial charge in [0.25, 0.3) is 0 Å². The number of hydrogen-bond acceptors (Lipinski definition) is 1. The lowest BCUT2D eigenvalue weighted by atomic mass is 11.3. The fourth-order valence-corrected chi connectivity index (χ4v) is 0. The van der Waals surface area contributed by atoms with Crippen molar-refractivity contribution in [2.75, 3.05) is 0 Å². The van der Waals surface area contributed by atoms with Crippen molar-refractivity contribution >= 4 is 35.2 Å². The van der Waals surface area contributed by atoms with Gasteiger partial charge < -0.3 is 0 Å². The van der Waals surface area contributed by atoms with Crippen LogP contribution in [0.5, 0.6) is 0 Å². The number of hydrogen-bond donors (Lipinski definition) is 0. The second-order valence-electron chi connectivity index (χ2n) is 0.701. The maximum absolute atomic E-state index is 11.3. The molecule has 0 amide bonds. The van der Waals surface area contributed by atoms with Gasteiger partial charge in [-0.05, 0) is 11.6 Å². The Morgan fingerprint density at radius 2 is 1.43 bits per heavy atom. The Kier molecular flexibility index (Phi) is 2.53. The Bertz CT molecular complexity index is 58.4. The van der Waals surface area contributed by atoms with Gasteiger partial charge in [0.05, 0.1) is 0 Å². The predicted molar refractivity (Wildman–Crippen MR) is 24.3 cm³/mol. The van der Waals surface area contributed by atoms with E-state index in [4.69, 9.17) is 0 Å². The highest BCUT2D eigenvalue weighted by Crippen LogP contribution is 2.27. The summed E-state index contributed by atoms with van der Waals surface area (Å²) in [6.45, 7) is 0. The minimum absolute atomic E-state index is 0.436. The van der Waals surface area contributed by atoms with Crippen LogP contribution in [0.25, 0.3) is 0 Å². The highest BCUT2D eigenvalue weighted by Gasteiger charge is 2.31. The lowest BCUT2D eigenvalue weighted by molar-refractivity contribution is 0.0289. The first-order valence-electron chi connectivity index (χ1n) is 1.13. The molecule has 0 aromatic heterocycles. The monoisotopic (exact) mass is 169 g/mol. The molecule has 0 aliphatic carbocycles. The van der Waals surface area contributed by atoms with E-state index >= 15 is 0 Å². The van der Waals surface area contributed by atoms with Crippen molar-refractivity contribution in [3.63, 3.8) is 0 Å². The summed E-state index contributed by atoms with van der Waals surface area (Å²) in [6.07, 6.45) is 0. The van der Waals surface area contributed by atoms with Crippen molar-refractivity contribution in [1.29, 1.82) is 0 Å². The summed E-state index contributed by atoms with van der Waals surface area (Å²) >= 11 is 13.1. The largest absolute Gasteiger partial charge is 0.411 e. The number of alkyl halides is 3. The first-order chi connectivity index (χ1) is 2.94. The summed E-state index contributed by atoms with van der Waals surface area (Å²) < 4.78 is 22.1. The average Bonchev–Trinajstić information content (AvgIpc) is 1.31. The molecule has 0 saturated carbocycles. The molecule has 0 bridgehead atoms. The third-order valence-corrected chi connectivity index (χ3v) is 0.958. The Morgan fingerprint density at radius 3 is 1.43 bits per heavy atom. The fourth-order valence-electron chi connectivity index (χ4n) is 0. The Morgan fingerprint density at radius 1 is 1.29 bits per heavy atom. The fraction of sp³-hybridized carbons (Fsp3) is 1.00. The number of nitrogens with zero attached hydrogens (tertiary/aromatic N) is 1. The highest BCUT2D eigenvalue weighted by molar-refractivity contribution is 6.38. The van der Waals surface area contributed by atoms with Crippen LogP contribution in [0.2, 0.25) is 0 Å². The van der Waals surface area contributed by atoms with Gasteiger partial charge in [-0.15, -0.1) is 0 Å². The van der Waals surface area contributed by atoms with Crippen molar-refractivity contribution in [2.24, 2.45) is 0 Å². The molecule has 1 nitrogen and oxygen atoms in total. The summed E-state index contributed by atoms with van der Waals surface area (Å²) in [7, 11) is 0. The van der Waals surface area contributed by atoms with Gasteiger partial charge in [-0.1, -0.05) is 3.94 Å². The molecule has 0 aromatic rings. The van der Waals surface area contributed by atoms with E-state index in [9.17, 15) is 8.78 Å². The molecule has 0 aliphatic heterocycles. The predicted octanol–water partition coefficient (Wildman–Crippen LogP) is 2.39. The minimum atomic E-state index is -3.66. The molecule has 0 fully saturated rings. The van der Waals surface area contributed by atoms with Crippen LogP contribution < -0.4 is 0 Å². The number of halogens is 5. The molecule has 0 unspecified atom stereocenters. The van der Waals surface area contributed by atoms with Gasteiger partial charge >= 0.3 is 5.51 Å². The quantitative estimate of drug-likeness (QED) is 0.332. The second-order valence-corrected chi connectivity index (χ2v) is 2.00. The van der Waals surface area contributed by atoms with E-state index in [1.54, 1.807) is 0 Å². The van der Waals surface area contributed by atoms with Crippen molar-refractivity contribution in [3.8, 4) is 0 Å². The minimum Gasteiger partial charge on any atom is -0.169 e.